The first kappa shape index (κ1) is 19.5. The summed E-state index contributed by atoms with van der Waals surface area (Å²) in [6, 6.07) is 13.7. The molecule has 3 rings (SSSR count). The second kappa shape index (κ2) is 8.61. The fourth-order valence-corrected chi connectivity index (χ4v) is 2.74. The van der Waals surface area contributed by atoms with Gasteiger partial charge in [-0.2, -0.15) is 0 Å². The van der Waals surface area contributed by atoms with Gasteiger partial charge in [-0.25, -0.2) is 4.98 Å². The largest absolute Gasteiger partial charge is 0.493 e. The van der Waals surface area contributed by atoms with Gasteiger partial charge in [0.2, 0.25) is 5.89 Å². The lowest BCUT2D eigenvalue weighted by atomic mass is 10.1. The molecule has 0 atom stereocenters. The van der Waals surface area contributed by atoms with Gasteiger partial charge in [-0.15, -0.1) is 0 Å². The van der Waals surface area contributed by atoms with Gasteiger partial charge in [-0.05, 0) is 37.1 Å². The van der Waals surface area contributed by atoms with Gasteiger partial charge in [0, 0.05) is 13.6 Å². The van der Waals surface area contributed by atoms with Gasteiger partial charge in [-0.1, -0.05) is 35.9 Å². The summed E-state index contributed by atoms with van der Waals surface area (Å²) in [5.41, 5.74) is 3.57. The van der Waals surface area contributed by atoms with Gasteiger partial charge in [0.15, 0.2) is 23.8 Å². The van der Waals surface area contributed by atoms with Crippen LogP contribution in [0.15, 0.2) is 53.1 Å². The molecular formula is C22H24N2O4. The Morgan fingerprint density at radius 2 is 1.79 bits per heavy atom. The number of carbonyl (C=O) groups is 1. The van der Waals surface area contributed by atoms with Crippen molar-refractivity contribution in [3.05, 3.63) is 77.0 Å². The number of hydrogen-bond acceptors (Lipinski definition) is 5. The number of nitrogens with zero attached hydrogens (tertiary/aromatic N) is 2. The van der Waals surface area contributed by atoms with Crippen molar-refractivity contribution in [2.45, 2.75) is 27.0 Å². The van der Waals surface area contributed by atoms with Crippen LogP contribution in [0.2, 0.25) is 0 Å². The summed E-state index contributed by atoms with van der Waals surface area (Å²) in [6.45, 7) is 4.61. The van der Waals surface area contributed by atoms with Crippen molar-refractivity contribution < 1.29 is 18.7 Å². The molecule has 6 nitrogen and oxygen atoms in total. The topological polar surface area (TPSA) is 64.8 Å². The summed E-state index contributed by atoms with van der Waals surface area (Å²) in [5.74, 6) is 1.36. The number of oxazole rings is 1. The van der Waals surface area contributed by atoms with Crippen molar-refractivity contribution in [3.63, 3.8) is 0 Å². The number of benzene rings is 2. The van der Waals surface area contributed by atoms with Gasteiger partial charge in [0.05, 0.1) is 7.11 Å². The molecule has 0 aliphatic carbocycles. The van der Waals surface area contributed by atoms with Crippen LogP contribution < -0.4 is 9.47 Å². The molecule has 28 heavy (non-hydrogen) atoms. The molecule has 1 aromatic heterocycles. The number of amides is 1. The van der Waals surface area contributed by atoms with Crippen LogP contribution in [0, 0.1) is 13.8 Å². The highest BCUT2D eigenvalue weighted by atomic mass is 16.5. The van der Waals surface area contributed by atoms with Gasteiger partial charge in [0.1, 0.15) is 6.26 Å². The predicted octanol–water partition coefficient (Wildman–Crippen LogP) is 4.15. The molecule has 0 unspecified atom stereocenters. The minimum atomic E-state index is -0.205. The van der Waals surface area contributed by atoms with Gasteiger partial charge in [-0.3, -0.25) is 4.79 Å². The summed E-state index contributed by atoms with van der Waals surface area (Å²) in [7, 11) is 3.33. The minimum absolute atomic E-state index is 0.106. The standard InChI is InChI=1S/C22H24N2O4/c1-15-5-8-17(9-6-15)12-24(3)22(25)18-13-28-21(23-18)14-27-19-10-7-16(2)11-20(19)26-4/h5-11,13H,12,14H2,1-4H3. The number of ether oxygens (including phenoxy) is 2. The molecule has 6 heteroatoms. The fourth-order valence-electron chi connectivity index (χ4n) is 2.74. The van der Waals surface area contributed by atoms with Crippen LogP contribution in [0.5, 0.6) is 11.5 Å². The Labute approximate surface area is 164 Å². The van der Waals surface area contributed by atoms with E-state index in [0.717, 1.165) is 11.1 Å². The molecule has 0 aliphatic rings. The maximum Gasteiger partial charge on any atom is 0.275 e. The zero-order valence-corrected chi connectivity index (χ0v) is 16.6. The van der Waals surface area contributed by atoms with Crippen LogP contribution >= 0.6 is 0 Å². The highest BCUT2D eigenvalue weighted by Crippen LogP contribution is 2.28. The number of rotatable bonds is 7. The van der Waals surface area contributed by atoms with Crippen molar-refractivity contribution in [1.82, 2.24) is 9.88 Å². The molecule has 0 N–H and O–H groups in total. The first-order chi connectivity index (χ1) is 13.5. The molecule has 146 valence electrons. The summed E-state index contributed by atoms with van der Waals surface area (Å²) in [6.07, 6.45) is 1.36. The highest BCUT2D eigenvalue weighted by molar-refractivity contribution is 5.91. The van der Waals surface area contributed by atoms with Crippen molar-refractivity contribution >= 4 is 5.91 Å². The van der Waals surface area contributed by atoms with E-state index in [0.29, 0.717) is 23.9 Å². The van der Waals surface area contributed by atoms with Crippen LogP contribution in [0.25, 0.3) is 0 Å². The van der Waals surface area contributed by atoms with Gasteiger partial charge >= 0.3 is 0 Å². The number of methoxy groups -OCH3 is 1. The summed E-state index contributed by atoms with van der Waals surface area (Å²) < 4.78 is 16.4. The number of carbonyl (C=O) groups excluding carboxylic acids is 1. The van der Waals surface area contributed by atoms with E-state index in [9.17, 15) is 4.79 Å². The number of hydrogen-bond donors (Lipinski definition) is 0. The Balaban J connectivity index is 1.61. The molecular weight excluding hydrogens is 356 g/mol. The highest BCUT2D eigenvalue weighted by Gasteiger charge is 2.17. The molecule has 3 aromatic rings. The lowest BCUT2D eigenvalue weighted by molar-refractivity contribution is 0.0779. The molecule has 0 saturated carbocycles. The fraction of sp³-hybridized carbons (Fsp3) is 0.273. The first-order valence-electron chi connectivity index (χ1n) is 8.99. The molecule has 0 aliphatic heterocycles. The molecule has 2 aromatic carbocycles. The third kappa shape index (κ3) is 4.71. The Morgan fingerprint density at radius 1 is 1.07 bits per heavy atom. The lowest BCUT2D eigenvalue weighted by Crippen LogP contribution is -2.26. The number of aromatic nitrogens is 1. The Hall–Kier alpha value is -3.28. The molecule has 0 radical (unpaired) electrons. The van der Waals surface area contributed by atoms with Crippen molar-refractivity contribution in [1.29, 1.82) is 0 Å². The molecule has 1 heterocycles. The average molecular weight is 380 g/mol. The summed E-state index contributed by atoms with van der Waals surface area (Å²) >= 11 is 0. The van der Waals surface area contributed by atoms with E-state index in [1.807, 2.05) is 56.3 Å². The Kier molecular flexibility index (Phi) is 5.99. The average Bonchev–Trinajstić information content (AvgIpc) is 3.17. The second-order valence-electron chi connectivity index (χ2n) is 6.72. The maximum atomic E-state index is 12.6. The van der Waals surface area contributed by atoms with Gasteiger partial charge in [0.25, 0.3) is 5.91 Å². The van der Waals surface area contributed by atoms with E-state index in [2.05, 4.69) is 4.98 Å². The van der Waals surface area contributed by atoms with Crippen molar-refractivity contribution in [2.24, 2.45) is 0 Å². The Morgan fingerprint density at radius 3 is 2.50 bits per heavy atom. The Bertz CT molecular complexity index is 947. The summed E-state index contributed by atoms with van der Waals surface area (Å²) in [5, 5.41) is 0. The van der Waals surface area contributed by atoms with Crippen molar-refractivity contribution in [3.8, 4) is 11.5 Å². The maximum absolute atomic E-state index is 12.6. The summed E-state index contributed by atoms with van der Waals surface area (Å²) in [4.78, 5) is 18.4. The molecule has 0 saturated heterocycles. The van der Waals surface area contributed by atoms with Crippen LogP contribution in [0.1, 0.15) is 33.1 Å². The smallest absolute Gasteiger partial charge is 0.275 e. The second-order valence-corrected chi connectivity index (χ2v) is 6.72. The predicted molar refractivity (Wildman–Crippen MR) is 106 cm³/mol. The minimum Gasteiger partial charge on any atom is -0.493 e. The van der Waals surface area contributed by atoms with Crippen LogP contribution in [-0.4, -0.2) is 29.9 Å². The van der Waals surface area contributed by atoms with E-state index in [1.165, 1.54) is 11.8 Å². The van der Waals surface area contributed by atoms with Crippen LogP contribution in [0.3, 0.4) is 0 Å². The quantitative estimate of drug-likeness (QED) is 0.616. The van der Waals surface area contributed by atoms with E-state index >= 15 is 0 Å². The third-order valence-electron chi connectivity index (χ3n) is 4.33. The molecule has 0 fully saturated rings. The molecule has 0 bridgehead atoms. The first-order valence-corrected chi connectivity index (χ1v) is 8.99. The van der Waals surface area contributed by atoms with Gasteiger partial charge < -0.3 is 18.8 Å². The third-order valence-corrected chi connectivity index (χ3v) is 4.33. The van der Waals surface area contributed by atoms with Crippen LogP contribution in [0.4, 0.5) is 0 Å². The van der Waals surface area contributed by atoms with E-state index in [4.69, 9.17) is 13.9 Å². The zero-order valence-electron chi connectivity index (χ0n) is 16.6. The molecule has 0 spiro atoms. The van der Waals surface area contributed by atoms with E-state index < -0.39 is 0 Å². The SMILES string of the molecule is COc1cc(C)ccc1OCc1nc(C(=O)N(C)Cc2ccc(C)cc2)co1. The number of aryl methyl sites for hydroxylation is 2. The zero-order chi connectivity index (χ0) is 20.1. The normalized spacial score (nSPS) is 10.6. The van der Waals surface area contributed by atoms with Crippen molar-refractivity contribution in [2.75, 3.05) is 14.2 Å². The van der Waals surface area contributed by atoms with Crippen LogP contribution in [-0.2, 0) is 13.2 Å². The van der Waals surface area contributed by atoms with E-state index in [1.54, 1.807) is 19.1 Å². The monoisotopic (exact) mass is 380 g/mol. The lowest BCUT2D eigenvalue weighted by Gasteiger charge is -2.15. The van der Waals surface area contributed by atoms with E-state index in [-0.39, 0.29) is 18.2 Å². The molecule has 1 amide bonds.